The molecule has 1 N–H and O–H groups in total. The molecule has 1 aromatic carbocycles. The third kappa shape index (κ3) is 3.35. The van der Waals surface area contributed by atoms with Gasteiger partial charge < -0.3 is 4.42 Å². The molecule has 0 aliphatic carbocycles. The van der Waals surface area contributed by atoms with Crippen LogP contribution in [0.4, 0.5) is 17.6 Å². The highest BCUT2D eigenvalue weighted by atomic mass is 79.9. The number of fused-ring (bicyclic) bond motifs is 3. The number of nitrogens with one attached hydrogen (secondary N) is 1. The lowest BCUT2D eigenvalue weighted by atomic mass is 9.86. The monoisotopic (exact) mass is 459 g/mol. The van der Waals surface area contributed by atoms with Crippen molar-refractivity contribution < 1.29 is 22.0 Å². The molecule has 0 saturated heterocycles. The minimum Gasteiger partial charge on any atom is -0.408 e. The third-order valence-electron chi connectivity index (χ3n) is 4.88. The van der Waals surface area contributed by atoms with E-state index >= 15 is 0 Å². The molecule has 5 nitrogen and oxygen atoms in total. The number of pyridine rings is 1. The molecule has 2 atom stereocenters. The van der Waals surface area contributed by atoms with Crippen LogP contribution >= 0.6 is 15.9 Å². The maximum Gasteiger partial charge on any atom is 0.417 e. The van der Waals surface area contributed by atoms with Crippen molar-refractivity contribution in [2.24, 2.45) is 0 Å². The second-order valence-corrected chi connectivity index (χ2v) is 7.70. The first-order valence-electron chi connectivity index (χ1n) is 8.42. The van der Waals surface area contributed by atoms with Crippen molar-refractivity contribution in [1.29, 1.82) is 0 Å². The Morgan fingerprint density at radius 1 is 1.39 bits per heavy atom. The zero-order valence-corrected chi connectivity index (χ0v) is 16.1. The summed E-state index contributed by atoms with van der Waals surface area (Å²) in [6.07, 6.45) is -2.91. The number of benzene rings is 1. The lowest BCUT2D eigenvalue weighted by molar-refractivity contribution is -0.155. The summed E-state index contributed by atoms with van der Waals surface area (Å²) in [5.74, 6) is -1.37. The molecule has 3 heterocycles. The van der Waals surface area contributed by atoms with Gasteiger partial charge in [-0.2, -0.15) is 13.2 Å². The molecule has 0 bridgehead atoms. The SMILES string of the molecule is C[C@@H]1Cc2c(ccc3[nH]c(=O)oc23)[C@@H](c2ncc(Br)cc2F)N1CC(F)(F)F. The van der Waals surface area contributed by atoms with Gasteiger partial charge in [0.05, 0.1) is 23.8 Å². The predicted molar refractivity (Wildman–Crippen MR) is 96.5 cm³/mol. The van der Waals surface area contributed by atoms with E-state index in [1.807, 2.05) is 0 Å². The second kappa shape index (κ2) is 6.70. The Hall–Kier alpha value is -2.20. The van der Waals surface area contributed by atoms with Gasteiger partial charge in [-0.1, -0.05) is 6.07 Å². The van der Waals surface area contributed by atoms with Crippen LogP contribution in [0.2, 0.25) is 0 Å². The molecule has 10 heteroatoms. The van der Waals surface area contributed by atoms with Crippen LogP contribution in [0.25, 0.3) is 11.1 Å². The summed E-state index contributed by atoms with van der Waals surface area (Å²) in [7, 11) is 0. The highest BCUT2D eigenvalue weighted by Gasteiger charge is 2.42. The Bertz CT molecular complexity index is 1110. The van der Waals surface area contributed by atoms with Gasteiger partial charge in [0.15, 0.2) is 5.58 Å². The number of rotatable bonds is 2. The number of hydrogen-bond acceptors (Lipinski definition) is 4. The molecular weight excluding hydrogens is 446 g/mol. The first-order chi connectivity index (χ1) is 13.1. The zero-order valence-electron chi connectivity index (χ0n) is 14.5. The maximum absolute atomic E-state index is 14.7. The van der Waals surface area contributed by atoms with Crippen molar-refractivity contribution in [2.75, 3.05) is 6.54 Å². The minimum absolute atomic E-state index is 0.113. The number of aromatic amines is 1. The van der Waals surface area contributed by atoms with Crippen LogP contribution in [0.3, 0.4) is 0 Å². The van der Waals surface area contributed by atoms with Crippen molar-refractivity contribution in [3.8, 4) is 0 Å². The topological polar surface area (TPSA) is 62.1 Å². The van der Waals surface area contributed by atoms with Crippen molar-refractivity contribution in [3.05, 3.63) is 62.1 Å². The average molecular weight is 460 g/mol. The first-order valence-corrected chi connectivity index (χ1v) is 9.21. The van der Waals surface area contributed by atoms with Gasteiger partial charge in [0.25, 0.3) is 0 Å². The molecule has 3 aromatic rings. The number of nitrogens with zero attached hydrogens (tertiary/aromatic N) is 2. The van der Waals surface area contributed by atoms with Gasteiger partial charge in [0.1, 0.15) is 5.82 Å². The molecular formula is C18H14BrF4N3O2. The Morgan fingerprint density at radius 2 is 2.14 bits per heavy atom. The maximum atomic E-state index is 14.7. The van der Waals surface area contributed by atoms with E-state index in [1.54, 1.807) is 19.1 Å². The van der Waals surface area contributed by atoms with E-state index in [2.05, 4.69) is 25.9 Å². The lowest BCUT2D eigenvalue weighted by Crippen LogP contribution is -2.47. The van der Waals surface area contributed by atoms with E-state index < -0.39 is 36.4 Å². The molecule has 0 spiro atoms. The van der Waals surface area contributed by atoms with E-state index in [9.17, 15) is 22.4 Å². The largest absolute Gasteiger partial charge is 0.417 e. The highest BCUT2D eigenvalue weighted by molar-refractivity contribution is 9.10. The van der Waals surface area contributed by atoms with Crippen LogP contribution in [0.15, 0.2) is 38.1 Å². The van der Waals surface area contributed by atoms with Crippen LogP contribution in [-0.4, -0.2) is 33.6 Å². The normalized spacial score (nSPS) is 20.5. The van der Waals surface area contributed by atoms with Crippen LogP contribution in [0.5, 0.6) is 0 Å². The predicted octanol–water partition coefficient (Wildman–Crippen LogP) is 4.32. The van der Waals surface area contributed by atoms with E-state index in [-0.39, 0.29) is 17.7 Å². The van der Waals surface area contributed by atoms with Gasteiger partial charge in [0, 0.05) is 22.3 Å². The van der Waals surface area contributed by atoms with Crippen LogP contribution in [-0.2, 0) is 6.42 Å². The van der Waals surface area contributed by atoms with Crippen LogP contribution in [0, 0.1) is 5.82 Å². The van der Waals surface area contributed by atoms with E-state index in [0.29, 0.717) is 21.1 Å². The molecule has 0 unspecified atom stereocenters. The van der Waals surface area contributed by atoms with Crippen molar-refractivity contribution in [1.82, 2.24) is 14.9 Å². The molecule has 148 valence electrons. The van der Waals surface area contributed by atoms with Gasteiger partial charge in [0.2, 0.25) is 0 Å². The Kier molecular flexibility index (Phi) is 4.58. The highest BCUT2D eigenvalue weighted by Crippen LogP contribution is 2.42. The third-order valence-corrected chi connectivity index (χ3v) is 5.31. The summed E-state index contributed by atoms with van der Waals surface area (Å²) < 4.78 is 60.1. The Morgan fingerprint density at radius 3 is 2.82 bits per heavy atom. The van der Waals surface area contributed by atoms with E-state index in [0.717, 1.165) is 0 Å². The van der Waals surface area contributed by atoms with Gasteiger partial charge in [-0.15, -0.1) is 0 Å². The number of H-pyrrole nitrogens is 1. The van der Waals surface area contributed by atoms with Gasteiger partial charge in [-0.25, -0.2) is 9.18 Å². The van der Waals surface area contributed by atoms with E-state index in [4.69, 9.17) is 4.42 Å². The minimum atomic E-state index is -4.47. The summed E-state index contributed by atoms with van der Waals surface area (Å²) in [4.78, 5) is 19.4. The fraction of sp³-hybridized carbons (Fsp3) is 0.333. The van der Waals surface area contributed by atoms with Crippen LogP contribution in [0.1, 0.15) is 29.8 Å². The molecule has 0 fully saturated rings. The fourth-order valence-corrected chi connectivity index (χ4v) is 4.09. The summed E-state index contributed by atoms with van der Waals surface area (Å²) in [6.45, 7) is 0.409. The molecule has 28 heavy (non-hydrogen) atoms. The van der Waals surface area contributed by atoms with E-state index in [1.165, 1.54) is 17.2 Å². The molecule has 2 aromatic heterocycles. The summed E-state index contributed by atoms with van der Waals surface area (Å²) in [6, 6.07) is 2.64. The summed E-state index contributed by atoms with van der Waals surface area (Å²) in [5.41, 5.74) is 1.63. The van der Waals surface area contributed by atoms with Gasteiger partial charge in [-0.3, -0.25) is 14.9 Å². The molecule has 1 aliphatic rings. The van der Waals surface area contributed by atoms with Gasteiger partial charge >= 0.3 is 11.9 Å². The van der Waals surface area contributed by atoms with Crippen molar-refractivity contribution >= 4 is 27.0 Å². The molecule has 0 amide bonds. The fourth-order valence-electron chi connectivity index (χ4n) is 3.78. The number of alkyl halides is 3. The Balaban J connectivity index is 1.96. The quantitative estimate of drug-likeness (QED) is 0.579. The average Bonchev–Trinajstić information content (AvgIpc) is 2.96. The summed E-state index contributed by atoms with van der Waals surface area (Å²) in [5, 5.41) is 0. The number of hydrogen-bond donors (Lipinski definition) is 1. The molecule has 0 radical (unpaired) electrons. The number of halogens is 5. The smallest absolute Gasteiger partial charge is 0.408 e. The lowest BCUT2D eigenvalue weighted by Gasteiger charge is -2.41. The molecule has 1 aliphatic heterocycles. The van der Waals surface area contributed by atoms with Crippen molar-refractivity contribution in [3.63, 3.8) is 0 Å². The summed E-state index contributed by atoms with van der Waals surface area (Å²) >= 11 is 3.11. The van der Waals surface area contributed by atoms with Crippen molar-refractivity contribution in [2.45, 2.75) is 31.6 Å². The Labute approximate surface area is 164 Å². The number of aromatic nitrogens is 2. The standard InChI is InChI=1S/C18H14BrF4N3O2/c1-8-4-11-10(2-3-13-16(11)28-17(27)25-13)15(26(8)7-18(21,22)23)14-12(20)5-9(19)6-24-14/h2-3,5-6,8,15H,4,7H2,1H3,(H,25,27)/t8-,15+/m1/s1. The molecule has 0 saturated carbocycles. The number of oxazole rings is 1. The first kappa shape index (κ1) is 19.1. The second-order valence-electron chi connectivity index (χ2n) is 6.79. The van der Waals surface area contributed by atoms with Gasteiger partial charge in [-0.05, 0) is 47.0 Å². The molecule has 4 rings (SSSR count). The van der Waals surface area contributed by atoms with Crippen LogP contribution < -0.4 is 5.76 Å². The zero-order chi connectivity index (χ0) is 20.2.